The summed E-state index contributed by atoms with van der Waals surface area (Å²) in [5, 5.41) is 4.84. The molecule has 5 rings (SSSR count). The Balaban J connectivity index is 1.34. The molecule has 0 aliphatic carbocycles. The number of aromatic amines is 1. The van der Waals surface area contributed by atoms with Crippen LogP contribution in [0.2, 0.25) is 0 Å². The minimum Gasteiger partial charge on any atom is -0.361 e. The maximum atomic E-state index is 13.9. The zero-order chi connectivity index (χ0) is 26.3. The van der Waals surface area contributed by atoms with Gasteiger partial charge < -0.3 is 9.88 Å². The number of piperidine rings is 1. The average Bonchev–Trinajstić information content (AvgIpc) is 3.37. The maximum absolute atomic E-state index is 13.9. The molecule has 38 heavy (non-hydrogen) atoms. The summed E-state index contributed by atoms with van der Waals surface area (Å²) < 4.78 is 0. The largest absolute Gasteiger partial charge is 0.361 e. The van der Waals surface area contributed by atoms with Crippen molar-refractivity contribution in [1.29, 1.82) is 0 Å². The number of aromatic nitrogens is 1. The highest BCUT2D eigenvalue weighted by Crippen LogP contribution is 2.26. The van der Waals surface area contributed by atoms with Crippen molar-refractivity contribution in [1.82, 2.24) is 19.9 Å². The molecular weight excluding hydrogens is 472 g/mol. The molecule has 4 aromatic rings. The zero-order valence-corrected chi connectivity index (χ0v) is 22.0. The third-order valence-electron chi connectivity index (χ3n) is 7.72. The first-order chi connectivity index (χ1) is 18.6. The first-order valence-corrected chi connectivity index (χ1v) is 13.5. The topological polar surface area (TPSA) is 59.7 Å². The van der Waals surface area contributed by atoms with Crippen LogP contribution in [0.1, 0.15) is 29.5 Å². The van der Waals surface area contributed by atoms with Crippen LogP contribution in [-0.2, 0) is 29.0 Å². The predicted molar refractivity (Wildman–Crippen MR) is 151 cm³/mol. The monoisotopic (exact) mass is 508 g/mol. The quantitative estimate of drug-likeness (QED) is 0.305. The molecule has 1 aliphatic heterocycles. The fourth-order valence-corrected chi connectivity index (χ4v) is 5.63. The van der Waals surface area contributed by atoms with Crippen LogP contribution in [0.4, 0.5) is 0 Å². The first-order valence-electron chi connectivity index (χ1n) is 13.5. The summed E-state index contributed by atoms with van der Waals surface area (Å²) in [6.45, 7) is 2.02. The average molecular weight is 509 g/mol. The van der Waals surface area contributed by atoms with Crippen LogP contribution in [-0.4, -0.2) is 58.4 Å². The molecule has 0 radical (unpaired) electrons. The highest BCUT2D eigenvalue weighted by atomic mass is 16.2. The second kappa shape index (κ2) is 12.1. The van der Waals surface area contributed by atoms with E-state index in [0.717, 1.165) is 60.8 Å². The molecule has 0 unspecified atom stereocenters. The van der Waals surface area contributed by atoms with Gasteiger partial charge in [0.05, 0.1) is 0 Å². The number of hydrogen-bond acceptors (Lipinski definition) is 3. The highest BCUT2D eigenvalue weighted by molar-refractivity contribution is 5.87. The Labute approximate surface area is 224 Å². The van der Waals surface area contributed by atoms with Gasteiger partial charge in [-0.25, -0.2) is 5.01 Å². The number of carbonyl (C=O) groups excluding carboxylic acids is 2. The van der Waals surface area contributed by atoms with Gasteiger partial charge in [0.25, 0.3) is 0 Å². The van der Waals surface area contributed by atoms with Crippen LogP contribution in [0.3, 0.4) is 0 Å². The number of amides is 2. The van der Waals surface area contributed by atoms with Gasteiger partial charge in [-0.05, 0) is 47.9 Å². The van der Waals surface area contributed by atoms with E-state index in [1.54, 1.807) is 9.91 Å². The van der Waals surface area contributed by atoms with Crippen LogP contribution in [0, 0.1) is 5.92 Å². The smallest absolute Gasteiger partial charge is 0.247 e. The highest BCUT2D eigenvalue weighted by Gasteiger charge is 2.34. The van der Waals surface area contributed by atoms with Crippen molar-refractivity contribution in [2.45, 2.75) is 38.3 Å². The molecule has 2 heterocycles. The number of hydrazine groups is 1. The number of carbonyl (C=O) groups is 2. The van der Waals surface area contributed by atoms with Gasteiger partial charge in [0.2, 0.25) is 12.3 Å². The number of fused-ring (bicyclic) bond motifs is 1. The van der Waals surface area contributed by atoms with Gasteiger partial charge in [-0.2, -0.15) is 0 Å². The van der Waals surface area contributed by atoms with Crippen LogP contribution >= 0.6 is 0 Å². The predicted octanol–water partition coefficient (Wildman–Crippen LogP) is 5.07. The third-order valence-corrected chi connectivity index (χ3v) is 7.72. The molecule has 0 spiro atoms. The van der Waals surface area contributed by atoms with Crippen molar-refractivity contribution >= 4 is 23.2 Å². The summed E-state index contributed by atoms with van der Waals surface area (Å²) in [5.74, 6) is 0.517. The van der Waals surface area contributed by atoms with Crippen molar-refractivity contribution in [3.63, 3.8) is 0 Å². The number of nitrogens with zero attached hydrogens (tertiary/aromatic N) is 3. The van der Waals surface area contributed by atoms with E-state index in [0.29, 0.717) is 18.9 Å². The van der Waals surface area contributed by atoms with Crippen LogP contribution < -0.4 is 0 Å². The fraction of sp³-hybridized carbons (Fsp3) is 0.312. The standard InChI is InChI=1S/C32H36N4O2/c1-34(23-27-12-6-3-7-13-27)32(38)31(21-28-22-33-30-15-9-8-14-29(28)30)36(24-37)35-18-16-26(17-19-35)20-25-10-4-2-5-11-25/h2-15,22,24,26,31,33H,16-21,23H2,1H3/t31-/m0/s1. The number of likely N-dealkylation sites (N-methyl/N-ethyl adjacent to an activating group) is 1. The minimum atomic E-state index is -0.619. The molecular formula is C32H36N4O2. The summed E-state index contributed by atoms with van der Waals surface area (Å²) >= 11 is 0. The lowest BCUT2D eigenvalue weighted by molar-refractivity contribution is -0.158. The number of hydrogen-bond donors (Lipinski definition) is 1. The van der Waals surface area contributed by atoms with Crippen molar-refractivity contribution < 1.29 is 9.59 Å². The van der Waals surface area contributed by atoms with Crippen molar-refractivity contribution in [2.24, 2.45) is 5.92 Å². The molecule has 1 aromatic heterocycles. The van der Waals surface area contributed by atoms with Gasteiger partial charge in [0, 0.05) is 50.2 Å². The Bertz CT molecular complexity index is 1330. The summed E-state index contributed by atoms with van der Waals surface area (Å²) in [5.41, 5.74) is 4.49. The molecule has 0 saturated carbocycles. The van der Waals surface area contributed by atoms with Gasteiger partial charge in [-0.1, -0.05) is 78.9 Å². The normalized spacial score (nSPS) is 15.3. The van der Waals surface area contributed by atoms with Crippen molar-refractivity contribution in [3.8, 4) is 0 Å². The Kier molecular flexibility index (Phi) is 8.19. The molecule has 3 aromatic carbocycles. The molecule has 6 heteroatoms. The lowest BCUT2D eigenvalue weighted by Gasteiger charge is -2.42. The van der Waals surface area contributed by atoms with E-state index in [-0.39, 0.29) is 5.91 Å². The lowest BCUT2D eigenvalue weighted by atomic mass is 9.90. The SMILES string of the molecule is CN(Cc1ccccc1)C(=O)[C@H](Cc1c[nH]c2ccccc12)N(C=O)N1CCC(Cc2ccccc2)CC1. The minimum absolute atomic E-state index is 0.0577. The molecule has 1 atom stereocenters. The van der Waals surface area contributed by atoms with Gasteiger partial charge in [0.15, 0.2) is 0 Å². The molecule has 196 valence electrons. The van der Waals surface area contributed by atoms with E-state index in [1.807, 2.05) is 67.8 Å². The van der Waals surface area contributed by atoms with E-state index >= 15 is 0 Å². The maximum Gasteiger partial charge on any atom is 0.247 e. The van der Waals surface area contributed by atoms with Gasteiger partial charge >= 0.3 is 0 Å². The number of rotatable bonds is 10. The molecule has 1 aliphatic rings. The number of nitrogens with one attached hydrogen (secondary N) is 1. The van der Waals surface area contributed by atoms with Crippen LogP contribution in [0.25, 0.3) is 10.9 Å². The Morgan fingerprint density at radius 2 is 1.58 bits per heavy atom. The Hall–Kier alpha value is -3.90. The van der Waals surface area contributed by atoms with Gasteiger partial charge in [0.1, 0.15) is 6.04 Å². The Morgan fingerprint density at radius 3 is 2.26 bits per heavy atom. The first kappa shape index (κ1) is 25.7. The second-order valence-corrected chi connectivity index (χ2v) is 10.3. The molecule has 1 fully saturated rings. The van der Waals surface area contributed by atoms with Gasteiger partial charge in [-0.3, -0.25) is 14.6 Å². The third kappa shape index (κ3) is 5.97. The van der Waals surface area contributed by atoms with Gasteiger partial charge in [-0.15, -0.1) is 0 Å². The van der Waals surface area contributed by atoms with Crippen LogP contribution in [0.5, 0.6) is 0 Å². The number of benzene rings is 3. The molecule has 1 saturated heterocycles. The Morgan fingerprint density at radius 1 is 0.947 bits per heavy atom. The van der Waals surface area contributed by atoms with E-state index in [2.05, 4.69) is 40.3 Å². The molecule has 1 N–H and O–H groups in total. The molecule has 2 amide bonds. The molecule has 0 bridgehead atoms. The van der Waals surface area contributed by atoms with E-state index < -0.39 is 6.04 Å². The fourth-order valence-electron chi connectivity index (χ4n) is 5.63. The zero-order valence-electron chi connectivity index (χ0n) is 22.0. The number of H-pyrrole nitrogens is 1. The lowest BCUT2D eigenvalue weighted by Crippen LogP contribution is -2.57. The van der Waals surface area contributed by atoms with E-state index in [4.69, 9.17) is 0 Å². The van der Waals surface area contributed by atoms with Crippen LogP contribution in [0.15, 0.2) is 91.1 Å². The molecule has 6 nitrogen and oxygen atoms in total. The summed E-state index contributed by atoms with van der Waals surface area (Å²) in [4.78, 5) is 31.6. The van der Waals surface area contributed by atoms with E-state index in [1.165, 1.54) is 5.56 Å². The second-order valence-electron chi connectivity index (χ2n) is 10.3. The summed E-state index contributed by atoms with van der Waals surface area (Å²) in [6, 6.07) is 28.1. The van der Waals surface area contributed by atoms with Crippen molar-refractivity contribution in [3.05, 3.63) is 108 Å². The van der Waals surface area contributed by atoms with E-state index in [9.17, 15) is 9.59 Å². The van der Waals surface area contributed by atoms with Crippen molar-refractivity contribution in [2.75, 3.05) is 20.1 Å². The number of para-hydroxylation sites is 1. The summed E-state index contributed by atoms with van der Waals surface area (Å²) in [7, 11) is 1.83. The summed E-state index contributed by atoms with van der Waals surface area (Å²) in [6.07, 6.45) is 6.31.